The highest BCUT2D eigenvalue weighted by Gasteiger charge is 2.42. The summed E-state index contributed by atoms with van der Waals surface area (Å²) in [5.41, 5.74) is -4.70. The summed E-state index contributed by atoms with van der Waals surface area (Å²) in [6, 6.07) is 2.56. The third-order valence-electron chi connectivity index (χ3n) is 4.78. The van der Waals surface area contributed by atoms with Crippen LogP contribution in [0, 0.1) is 40.4 Å². The molecule has 2 aromatic carbocycles. The monoisotopic (exact) mass is 478 g/mol. The first kappa shape index (κ1) is 23.5. The van der Waals surface area contributed by atoms with Crippen LogP contribution >= 0.6 is 12.2 Å². The predicted molar refractivity (Wildman–Crippen MR) is 99.2 cm³/mol. The van der Waals surface area contributed by atoms with Crippen molar-refractivity contribution in [3.05, 3.63) is 64.0 Å². The number of rotatable bonds is 3. The fourth-order valence-electron chi connectivity index (χ4n) is 3.09. The summed E-state index contributed by atoms with van der Waals surface area (Å²) >= 11 is 5.14. The summed E-state index contributed by atoms with van der Waals surface area (Å²) < 4.78 is 108. The number of nitrogens with zero attached hydrogens (tertiary/aromatic N) is 3. The minimum atomic E-state index is -4.82. The largest absolute Gasteiger partial charge is 0.417 e. The molecule has 0 amide bonds. The molecule has 1 N–H and O–H groups in total. The molecule has 168 valence electrons. The van der Waals surface area contributed by atoms with Crippen molar-refractivity contribution in [3.63, 3.8) is 0 Å². The maximum absolute atomic E-state index is 14.1. The van der Waals surface area contributed by atoms with Gasteiger partial charge in [-0.15, -0.1) is 0 Å². The third kappa shape index (κ3) is 4.02. The van der Waals surface area contributed by atoms with Crippen LogP contribution in [-0.4, -0.2) is 10.5 Å². The fraction of sp³-hybridized carbons (Fsp3) is 0.263. The van der Waals surface area contributed by atoms with E-state index in [1.807, 2.05) is 0 Å². The standard InChI is InChI=1S/C19H10F8N4S/c1-18(17(32)29-8-3-2-7(6-28)9(4-8)19(25,26)27)5-10(30-31-18)11-12(20)14(22)16(24)15(23)13(11)21/h2-4,10H,5H2,1H3,(H,29,32). The fourth-order valence-corrected chi connectivity index (χ4v) is 3.33. The molecule has 2 atom stereocenters. The molecule has 0 radical (unpaired) electrons. The number of hydrogen-bond donors (Lipinski definition) is 1. The molecule has 4 nitrogen and oxygen atoms in total. The molecule has 2 aromatic rings. The number of benzene rings is 2. The minimum Gasteiger partial charge on any atom is -0.348 e. The topological polar surface area (TPSA) is 60.5 Å². The van der Waals surface area contributed by atoms with Crippen LogP contribution in [0.25, 0.3) is 0 Å². The molecule has 1 aliphatic heterocycles. The second-order valence-corrected chi connectivity index (χ2v) is 7.43. The number of anilines is 1. The molecule has 0 saturated carbocycles. The van der Waals surface area contributed by atoms with Crippen LogP contribution in [0.2, 0.25) is 0 Å². The van der Waals surface area contributed by atoms with Gasteiger partial charge in [-0.3, -0.25) is 0 Å². The molecule has 1 aliphatic rings. The number of thiocarbonyl (C=S) groups is 1. The molecule has 0 aromatic heterocycles. The Morgan fingerprint density at radius 2 is 1.66 bits per heavy atom. The molecular formula is C19H10F8N4S. The van der Waals surface area contributed by atoms with E-state index >= 15 is 0 Å². The normalized spacial score (nSPS) is 20.3. The van der Waals surface area contributed by atoms with Crippen molar-refractivity contribution >= 4 is 22.9 Å². The molecular weight excluding hydrogens is 468 g/mol. The van der Waals surface area contributed by atoms with E-state index in [-0.39, 0.29) is 10.7 Å². The second kappa shape index (κ2) is 8.09. The van der Waals surface area contributed by atoms with Gasteiger partial charge in [0.05, 0.1) is 22.8 Å². The van der Waals surface area contributed by atoms with E-state index in [9.17, 15) is 35.1 Å². The second-order valence-electron chi connectivity index (χ2n) is 7.02. The molecule has 0 fully saturated rings. The van der Waals surface area contributed by atoms with Gasteiger partial charge in [0.25, 0.3) is 0 Å². The van der Waals surface area contributed by atoms with Crippen molar-refractivity contribution in [2.45, 2.75) is 31.1 Å². The van der Waals surface area contributed by atoms with Crippen molar-refractivity contribution in [2.24, 2.45) is 10.2 Å². The Hall–Kier alpha value is -3.14. The van der Waals surface area contributed by atoms with Gasteiger partial charge in [0.15, 0.2) is 23.3 Å². The van der Waals surface area contributed by atoms with Gasteiger partial charge in [-0.1, -0.05) is 12.2 Å². The van der Waals surface area contributed by atoms with Gasteiger partial charge < -0.3 is 5.32 Å². The third-order valence-corrected chi connectivity index (χ3v) is 5.32. The molecule has 3 rings (SSSR count). The van der Waals surface area contributed by atoms with Crippen LogP contribution in [0.5, 0.6) is 0 Å². The SMILES string of the molecule is CC1(C(=S)Nc2ccc(C#N)c(C(F)(F)F)c2)CC(c2c(F)c(F)c(F)c(F)c2F)N=N1. The summed E-state index contributed by atoms with van der Waals surface area (Å²) in [6.45, 7) is 1.33. The average molecular weight is 478 g/mol. The first-order valence-electron chi connectivity index (χ1n) is 8.66. The number of hydrogen-bond acceptors (Lipinski definition) is 4. The number of azo groups is 1. The zero-order valence-electron chi connectivity index (χ0n) is 15.8. The molecule has 0 bridgehead atoms. The molecule has 2 unspecified atom stereocenters. The van der Waals surface area contributed by atoms with E-state index in [0.717, 1.165) is 12.1 Å². The highest BCUT2D eigenvalue weighted by atomic mass is 32.1. The lowest BCUT2D eigenvalue weighted by Crippen LogP contribution is -2.35. The Labute approximate surface area is 180 Å². The van der Waals surface area contributed by atoms with Crippen LogP contribution < -0.4 is 5.32 Å². The smallest absolute Gasteiger partial charge is 0.348 e. The van der Waals surface area contributed by atoms with Crippen molar-refractivity contribution in [2.75, 3.05) is 5.32 Å². The van der Waals surface area contributed by atoms with Gasteiger partial charge in [-0.25, -0.2) is 22.0 Å². The molecule has 1 heterocycles. The molecule has 0 saturated heterocycles. The highest BCUT2D eigenvalue weighted by Crippen LogP contribution is 2.42. The van der Waals surface area contributed by atoms with Gasteiger partial charge >= 0.3 is 6.18 Å². The van der Waals surface area contributed by atoms with Crippen LogP contribution in [0.3, 0.4) is 0 Å². The van der Waals surface area contributed by atoms with Gasteiger partial charge in [0.2, 0.25) is 5.82 Å². The first-order chi connectivity index (χ1) is 14.8. The molecule has 0 spiro atoms. The Balaban J connectivity index is 1.87. The Bertz CT molecular complexity index is 1160. The number of alkyl halides is 3. The lowest BCUT2D eigenvalue weighted by molar-refractivity contribution is -0.137. The minimum absolute atomic E-state index is 0.155. The Morgan fingerprint density at radius 3 is 2.19 bits per heavy atom. The average Bonchev–Trinajstić information content (AvgIpc) is 3.13. The predicted octanol–water partition coefficient (Wildman–Crippen LogP) is 6.37. The van der Waals surface area contributed by atoms with Crippen LogP contribution in [0.1, 0.15) is 36.1 Å². The van der Waals surface area contributed by atoms with Crippen molar-refractivity contribution < 1.29 is 35.1 Å². The van der Waals surface area contributed by atoms with Gasteiger partial charge in [-0.2, -0.15) is 28.7 Å². The van der Waals surface area contributed by atoms with Crippen LogP contribution in [-0.2, 0) is 6.18 Å². The van der Waals surface area contributed by atoms with Crippen LogP contribution in [0.4, 0.5) is 40.8 Å². The number of nitrogens with one attached hydrogen (secondary N) is 1. The maximum Gasteiger partial charge on any atom is 0.417 e. The van der Waals surface area contributed by atoms with Crippen molar-refractivity contribution in [3.8, 4) is 6.07 Å². The number of nitriles is 1. The van der Waals surface area contributed by atoms with Crippen LogP contribution in [0.15, 0.2) is 28.4 Å². The summed E-state index contributed by atoms with van der Waals surface area (Å²) in [7, 11) is 0. The summed E-state index contributed by atoms with van der Waals surface area (Å²) in [4.78, 5) is -0.217. The summed E-state index contributed by atoms with van der Waals surface area (Å²) in [5.74, 6) is -10.7. The summed E-state index contributed by atoms with van der Waals surface area (Å²) in [5, 5.41) is 18.7. The molecule has 32 heavy (non-hydrogen) atoms. The van der Waals surface area contributed by atoms with E-state index in [4.69, 9.17) is 17.5 Å². The maximum atomic E-state index is 14.1. The van der Waals surface area contributed by atoms with E-state index in [2.05, 4.69) is 15.5 Å². The Morgan fingerprint density at radius 1 is 1.09 bits per heavy atom. The lowest BCUT2D eigenvalue weighted by Gasteiger charge is -2.23. The number of halogens is 8. The quantitative estimate of drug-likeness (QED) is 0.242. The van der Waals surface area contributed by atoms with Gasteiger partial charge in [0.1, 0.15) is 16.6 Å². The molecule has 13 heteroatoms. The zero-order valence-corrected chi connectivity index (χ0v) is 16.6. The highest BCUT2D eigenvalue weighted by molar-refractivity contribution is 7.80. The van der Waals surface area contributed by atoms with E-state index in [1.165, 1.54) is 13.0 Å². The van der Waals surface area contributed by atoms with E-state index in [1.54, 1.807) is 0 Å². The van der Waals surface area contributed by atoms with Gasteiger partial charge in [0, 0.05) is 12.1 Å². The molecule has 0 aliphatic carbocycles. The Kier molecular flexibility index (Phi) is 5.94. The van der Waals surface area contributed by atoms with Crippen molar-refractivity contribution in [1.82, 2.24) is 0 Å². The zero-order chi connectivity index (χ0) is 24.0. The van der Waals surface area contributed by atoms with Crippen molar-refractivity contribution in [1.29, 1.82) is 5.26 Å². The lowest BCUT2D eigenvalue weighted by atomic mass is 9.91. The van der Waals surface area contributed by atoms with E-state index in [0.29, 0.717) is 6.07 Å². The van der Waals surface area contributed by atoms with E-state index < -0.39 is 70.0 Å². The summed E-state index contributed by atoms with van der Waals surface area (Å²) in [6.07, 6.45) is -5.24. The first-order valence-corrected chi connectivity index (χ1v) is 9.07. The van der Waals surface area contributed by atoms with Gasteiger partial charge in [-0.05, 0) is 25.1 Å².